The third kappa shape index (κ3) is 3.15. The lowest BCUT2D eigenvalue weighted by atomic mass is 10.0. The molecule has 20 heavy (non-hydrogen) atoms. The highest BCUT2D eigenvalue weighted by molar-refractivity contribution is 5.94. The highest BCUT2D eigenvalue weighted by atomic mass is 19.1. The number of nitrogens with zero attached hydrogens (tertiary/aromatic N) is 1. The zero-order valence-electron chi connectivity index (χ0n) is 11.8. The molecule has 0 aromatic heterocycles. The van der Waals surface area contributed by atoms with Crippen molar-refractivity contribution in [1.29, 1.82) is 0 Å². The average molecular weight is 278 g/mol. The van der Waals surface area contributed by atoms with Crippen molar-refractivity contribution >= 4 is 11.8 Å². The topological polar surface area (TPSA) is 49.4 Å². The van der Waals surface area contributed by atoms with Crippen LogP contribution < -0.4 is 5.32 Å². The number of hydrogen-bond donors (Lipinski definition) is 1. The fourth-order valence-corrected chi connectivity index (χ4v) is 2.41. The molecule has 2 rings (SSSR count). The molecule has 1 fully saturated rings. The van der Waals surface area contributed by atoms with Crippen LogP contribution in [0.5, 0.6) is 0 Å². The molecule has 1 aromatic rings. The van der Waals surface area contributed by atoms with Gasteiger partial charge < -0.3 is 10.2 Å². The first-order valence-corrected chi connectivity index (χ1v) is 6.84. The SMILES string of the molecule is CCCC1NC(=O)CN(Cc2cc(F)ccc2C)C1=O. The number of carbonyl (C=O) groups excluding carboxylic acids is 2. The van der Waals surface area contributed by atoms with Gasteiger partial charge in [-0.05, 0) is 36.6 Å². The normalized spacial score (nSPS) is 19.1. The van der Waals surface area contributed by atoms with E-state index in [1.54, 1.807) is 6.07 Å². The van der Waals surface area contributed by atoms with Gasteiger partial charge in [0.15, 0.2) is 0 Å². The summed E-state index contributed by atoms with van der Waals surface area (Å²) >= 11 is 0. The van der Waals surface area contributed by atoms with Crippen LogP contribution in [0.15, 0.2) is 18.2 Å². The Morgan fingerprint density at radius 1 is 1.40 bits per heavy atom. The molecule has 2 amide bonds. The van der Waals surface area contributed by atoms with Crippen molar-refractivity contribution in [3.63, 3.8) is 0 Å². The highest BCUT2D eigenvalue weighted by Gasteiger charge is 2.31. The number of halogens is 1. The van der Waals surface area contributed by atoms with E-state index in [4.69, 9.17) is 0 Å². The first-order valence-electron chi connectivity index (χ1n) is 6.84. The van der Waals surface area contributed by atoms with Crippen LogP contribution in [0.25, 0.3) is 0 Å². The second-order valence-electron chi connectivity index (χ2n) is 5.17. The molecule has 0 bridgehead atoms. The molecule has 1 heterocycles. The van der Waals surface area contributed by atoms with Gasteiger partial charge in [0.1, 0.15) is 11.9 Å². The van der Waals surface area contributed by atoms with E-state index in [-0.39, 0.29) is 30.7 Å². The van der Waals surface area contributed by atoms with Gasteiger partial charge in [-0.1, -0.05) is 19.4 Å². The van der Waals surface area contributed by atoms with Crippen molar-refractivity contribution in [1.82, 2.24) is 10.2 Å². The summed E-state index contributed by atoms with van der Waals surface area (Å²) in [6.07, 6.45) is 1.45. The third-order valence-corrected chi connectivity index (χ3v) is 3.53. The van der Waals surface area contributed by atoms with E-state index in [0.29, 0.717) is 6.42 Å². The minimum absolute atomic E-state index is 0.0367. The second-order valence-corrected chi connectivity index (χ2v) is 5.17. The molecular formula is C15H19FN2O2. The van der Waals surface area contributed by atoms with Crippen LogP contribution in [0.4, 0.5) is 4.39 Å². The summed E-state index contributed by atoms with van der Waals surface area (Å²) in [5.74, 6) is -0.572. The number of aryl methyl sites for hydroxylation is 1. The van der Waals surface area contributed by atoms with Gasteiger partial charge in [-0.15, -0.1) is 0 Å². The van der Waals surface area contributed by atoms with Crippen molar-refractivity contribution in [2.45, 2.75) is 39.3 Å². The summed E-state index contributed by atoms with van der Waals surface area (Å²) in [4.78, 5) is 25.4. The quantitative estimate of drug-likeness (QED) is 0.912. The first kappa shape index (κ1) is 14.5. The molecule has 1 aliphatic rings. The second kappa shape index (κ2) is 6.03. The lowest BCUT2D eigenvalue weighted by molar-refractivity contribution is -0.145. The van der Waals surface area contributed by atoms with Crippen LogP contribution in [0.3, 0.4) is 0 Å². The van der Waals surface area contributed by atoms with E-state index in [0.717, 1.165) is 17.5 Å². The molecule has 5 heteroatoms. The molecule has 0 aliphatic carbocycles. The lowest BCUT2D eigenvalue weighted by Crippen LogP contribution is -2.57. The highest BCUT2D eigenvalue weighted by Crippen LogP contribution is 2.16. The van der Waals surface area contributed by atoms with E-state index < -0.39 is 6.04 Å². The van der Waals surface area contributed by atoms with Crippen LogP contribution in [0.1, 0.15) is 30.9 Å². The smallest absolute Gasteiger partial charge is 0.245 e. The van der Waals surface area contributed by atoms with Crippen LogP contribution in [0, 0.1) is 12.7 Å². The van der Waals surface area contributed by atoms with Crippen LogP contribution in [-0.2, 0) is 16.1 Å². The van der Waals surface area contributed by atoms with E-state index in [1.807, 2.05) is 13.8 Å². The molecular weight excluding hydrogens is 259 g/mol. The molecule has 1 unspecified atom stereocenters. The van der Waals surface area contributed by atoms with Crippen molar-refractivity contribution in [3.8, 4) is 0 Å². The number of nitrogens with one attached hydrogen (secondary N) is 1. The number of rotatable bonds is 4. The molecule has 0 radical (unpaired) electrons. The number of hydrogen-bond acceptors (Lipinski definition) is 2. The molecule has 4 nitrogen and oxygen atoms in total. The Labute approximate surface area is 118 Å². The molecule has 1 aliphatic heterocycles. The first-order chi connectivity index (χ1) is 9.51. The minimum atomic E-state index is -0.449. The third-order valence-electron chi connectivity index (χ3n) is 3.53. The Bertz CT molecular complexity index is 531. The zero-order chi connectivity index (χ0) is 14.7. The van der Waals surface area contributed by atoms with Gasteiger partial charge in [0, 0.05) is 6.54 Å². The summed E-state index contributed by atoms with van der Waals surface area (Å²) < 4.78 is 13.3. The maximum absolute atomic E-state index is 13.3. The van der Waals surface area contributed by atoms with Crippen molar-refractivity contribution < 1.29 is 14.0 Å². The predicted molar refractivity (Wildman–Crippen MR) is 73.4 cm³/mol. The van der Waals surface area contributed by atoms with Crippen molar-refractivity contribution in [2.75, 3.05) is 6.54 Å². The van der Waals surface area contributed by atoms with E-state index >= 15 is 0 Å². The fourth-order valence-electron chi connectivity index (χ4n) is 2.41. The Kier molecular flexibility index (Phi) is 4.37. The maximum Gasteiger partial charge on any atom is 0.245 e. The number of carbonyl (C=O) groups is 2. The summed E-state index contributed by atoms with van der Waals surface area (Å²) in [6, 6.07) is 4.05. The predicted octanol–water partition coefficient (Wildman–Crippen LogP) is 1.76. The molecule has 1 aromatic carbocycles. The molecule has 1 saturated heterocycles. The van der Waals surface area contributed by atoms with Crippen molar-refractivity contribution in [2.24, 2.45) is 0 Å². The van der Waals surface area contributed by atoms with Crippen LogP contribution >= 0.6 is 0 Å². The summed E-state index contributed by atoms with van der Waals surface area (Å²) in [5, 5.41) is 2.70. The van der Waals surface area contributed by atoms with Gasteiger partial charge in [0.2, 0.25) is 11.8 Å². The largest absolute Gasteiger partial charge is 0.343 e. The molecule has 0 spiro atoms. The number of amides is 2. The Hall–Kier alpha value is -1.91. The lowest BCUT2D eigenvalue weighted by Gasteiger charge is -2.32. The van der Waals surface area contributed by atoms with Gasteiger partial charge in [0.25, 0.3) is 0 Å². The summed E-state index contributed by atoms with van der Waals surface area (Å²) in [7, 11) is 0. The number of piperazine rings is 1. The Morgan fingerprint density at radius 3 is 2.85 bits per heavy atom. The van der Waals surface area contributed by atoms with Gasteiger partial charge in [-0.2, -0.15) is 0 Å². The molecule has 0 saturated carbocycles. The number of benzene rings is 1. The van der Waals surface area contributed by atoms with E-state index in [2.05, 4.69) is 5.32 Å². The summed E-state index contributed by atoms with van der Waals surface area (Å²) in [5.41, 5.74) is 1.65. The van der Waals surface area contributed by atoms with Gasteiger partial charge in [-0.3, -0.25) is 9.59 Å². The minimum Gasteiger partial charge on any atom is -0.343 e. The average Bonchev–Trinajstić information content (AvgIpc) is 2.39. The van der Waals surface area contributed by atoms with Gasteiger partial charge >= 0.3 is 0 Å². The van der Waals surface area contributed by atoms with Gasteiger partial charge in [0.05, 0.1) is 6.54 Å². The van der Waals surface area contributed by atoms with Crippen LogP contribution in [0.2, 0.25) is 0 Å². The van der Waals surface area contributed by atoms with Gasteiger partial charge in [-0.25, -0.2) is 4.39 Å². The maximum atomic E-state index is 13.3. The van der Waals surface area contributed by atoms with E-state index in [1.165, 1.54) is 17.0 Å². The Morgan fingerprint density at radius 2 is 2.15 bits per heavy atom. The fraction of sp³-hybridized carbons (Fsp3) is 0.467. The zero-order valence-corrected chi connectivity index (χ0v) is 11.8. The molecule has 108 valence electrons. The Balaban J connectivity index is 2.16. The van der Waals surface area contributed by atoms with E-state index in [9.17, 15) is 14.0 Å². The van der Waals surface area contributed by atoms with Crippen molar-refractivity contribution in [3.05, 3.63) is 35.1 Å². The molecule has 1 atom stereocenters. The monoisotopic (exact) mass is 278 g/mol. The summed E-state index contributed by atoms with van der Waals surface area (Å²) in [6.45, 7) is 4.15. The molecule has 1 N–H and O–H groups in total. The standard InChI is InChI=1S/C15H19FN2O2/c1-3-4-13-15(20)18(9-14(19)17-13)8-11-7-12(16)6-5-10(11)2/h5-7,13H,3-4,8-9H2,1-2H3,(H,17,19). The van der Waals surface area contributed by atoms with Crippen LogP contribution in [-0.4, -0.2) is 29.3 Å².